The highest BCUT2D eigenvalue weighted by atomic mass is 16.3. The molecule has 1 rings (SSSR count). The van der Waals surface area contributed by atoms with Crippen LogP contribution in [0.2, 0.25) is 0 Å². The Morgan fingerprint density at radius 2 is 2.17 bits per heavy atom. The molecule has 1 aliphatic heterocycles. The third-order valence-corrected chi connectivity index (χ3v) is 3.97. The van der Waals surface area contributed by atoms with Gasteiger partial charge in [-0.1, -0.05) is 13.8 Å². The molecule has 3 N–H and O–H groups in total. The number of aliphatic hydroxyl groups excluding tert-OH is 1. The minimum absolute atomic E-state index is 0.0216. The second-order valence-corrected chi connectivity index (χ2v) is 6.22. The third kappa shape index (κ3) is 4.25. The fraction of sp³-hybridized carbons (Fsp3) is 0.929. The molecule has 3 unspecified atom stereocenters. The van der Waals surface area contributed by atoms with Gasteiger partial charge in [0.25, 0.3) is 0 Å². The molecule has 1 aliphatic rings. The molecule has 0 radical (unpaired) electrons. The highest BCUT2D eigenvalue weighted by molar-refractivity contribution is 5.82. The van der Waals surface area contributed by atoms with E-state index >= 15 is 0 Å². The molecule has 1 fully saturated rings. The van der Waals surface area contributed by atoms with E-state index in [4.69, 9.17) is 0 Å². The van der Waals surface area contributed by atoms with Gasteiger partial charge in [-0.15, -0.1) is 0 Å². The lowest BCUT2D eigenvalue weighted by Gasteiger charge is -2.36. The molecule has 106 valence electrons. The van der Waals surface area contributed by atoms with Crippen LogP contribution in [0.3, 0.4) is 0 Å². The fourth-order valence-corrected chi connectivity index (χ4v) is 2.63. The maximum Gasteiger partial charge on any atom is 0.226 e. The second kappa shape index (κ2) is 6.53. The van der Waals surface area contributed by atoms with Crippen LogP contribution in [0.5, 0.6) is 0 Å². The van der Waals surface area contributed by atoms with Gasteiger partial charge in [-0.2, -0.15) is 0 Å². The lowest BCUT2D eigenvalue weighted by atomic mass is 9.74. The van der Waals surface area contributed by atoms with E-state index < -0.39 is 0 Å². The maximum absolute atomic E-state index is 12.3. The van der Waals surface area contributed by atoms with Crippen LogP contribution in [0.4, 0.5) is 0 Å². The highest BCUT2D eigenvalue weighted by Crippen LogP contribution is 2.32. The van der Waals surface area contributed by atoms with Gasteiger partial charge in [0.15, 0.2) is 0 Å². The van der Waals surface area contributed by atoms with Crippen molar-refractivity contribution >= 4 is 5.91 Å². The summed E-state index contributed by atoms with van der Waals surface area (Å²) in [6, 6.07) is 0.0216. The number of amides is 1. The van der Waals surface area contributed by atoms with E-state index in [1.54, 1.807) is 6.92 Å². The van der Waals surface area contributed by atoms with Gasteiger partial charge >= 0.3 is 0 Å². The average Bonchev–Trinajstić information content (AvgIpc) is 2.28. The number of rotatable bonds is 5. The smallest absolute Gasteiger partial charge is 0.226 e. The topological polar surface area (TPSA) is 61.4 Å². The Kier molecular flexibility index (Phi) is 5.60. The molecule has 4 heteroatoms. The van der Waals surface area contributed by atoms with Crippen molar-refractivity contribution in [3.05, 3.63) is 0 Å². The van der Waals surface area contributed by atoms with Crippen molar-refractivity contribution in [2.24, 2.45) is 11.3 Å². The van der Waals surface area contributed by atoms with Crippen molar-refractivity contribution in [2.45, 2.75) is 59.1 Å². The summed E-state index contributed by atoms with van der Waals surface area (Å²) in [5.74, 6) is 0.495. The van der Waals surface area contributed by atoms with E-state index in [2.05, 4.69) is 10.6 Å². The van der Waals surface area contributed by atoms with Gasteiger partial charge in [0, 0.05) is 11.5 Å². The molecule has 0 aromatic rings. The first-order chi connectivity index (χ1) is 8.34. The predicted molar refractivity (Wildman–Crippen MR) is 73.3 cm³/mol. The molecule has 3 atom stereocenters. The van der Waals surface area contributed by atoms with Crippen molar-refractivity contribution < 1.29 is 9.90 Å². The maximum atomic E-state index is 12.3. The molecule has 0 bridgehead atoms. The fourth-order valence-electron chi connectivity index (χ4n) is 2.63. The first kappa shape index (κ1) is 15.4. The summed E-state index contributed by atoms with van der Waals surface area (Å²) in [7, 11) is 0. The Morgan fingerprint density at radius 1 is 1.50 bits per heavy atom. The Labute approximate surface area is 111 Å². The van der Waals surface area contributed by atoms with Crippen LogP contribution in [0, 0.1) is 11.3 Å². The van der Waals surface area contributed by atoms with E-state index in [9.17, 15) is 9.90 Å². The van der Waals surface area contributed by atoms with Gasteiger partial charge < -0.3 is 15.7 Å². The summed E-state index contributed by atoms with van der Waals surface area (Å²) in [6.45, 7) is 9.72. The van der Waals surface area contributed by atoms with Crippen molar-refractivity contribution in [1.82, 2.24) is 10.6 Å². The van der Waals surface area contributed by atoms with E-state index in [1.807, 2.05) is 20.8 Å². The average molecular weight is 256 g/mol. The summed E-state index contributed by atoms with van der Waals surface area (Å²) >= 11 is 0. The molecule has 18 heavy (non-hydrogen) atoms. The normalized spacial score (nSPS) is 24.4. The summed E-state index contributed by atoms with van der Waals surface area (Å²) in [6.07, 6.45) is 2.48. The van der Waals surface area contributed by atoms with E-state index in [1.165, 1.54) is 0 Å². The largest absolute Gasteiger partial charge is 0.393 e. The van der Waals surface area contributed by atoms with Crippen molar-refractivity contribution in [3.8, 4) is 0 Å². The van der Waals surface area contributed by atoms with Crippen LogP contribution in [-0.4, -0.2) is 36.2 Å². The van der Waals surface area contributed by atoms with Crippen molar-refractivity contribution in [1.29, 1.82) is 0 Å². The van der Waals surface area contributed by atoms with Crippen LogP contribution >= 0.6 is 0 Å². The van der Waals surface area contributed by atoms with E-state index in [0.29, 0.717) is 12.3 Å². The molecule has 0 aliphatic carbocycles. The molecular weight excluding hydrogens is 228 g/mol. The minimum Gasteiger partial charge on any atom is -0.393 e. The summed E-state index contributed by atoms with van der Waals surface area (Å²) in [4.78, 5) is 12.3. The first-order valence-electron chi connectivity index (χ1n) is 7.03. The van der Waals surface area contributed by atoms with Gasteiger partial charge in [-0.05, 0) is 52.1 Å². The minimum atomic E-state index is -0.375. The molecule has 0 aromatic carbocycles. The molecule has 1 heterocycles. The van der Waals surface area contributed by atoms with Gasteiger partial charge in [-0.3, -0.25) is 4.79 Å². The monoisotopic (exact) mass is 256 g/mol. The number of hydrogen-bond donors (Lipinski definition) is 3. The second-order valence-electron chi connectivity index (χ2n) is 6.22. The Morgan fingerprint density at radius 3 is 2.67 bits per heavy atom. The molecule has 0 saturated carbocycles. The van der Waals surface area contributed by atoms with Crippen LogP contribution in [0.1, 0.15) is 47.0 Å². The standard InChI is InChI=1S/C14H28N2O2/c1-10(8-11(2)17)16-13(18)14(3,4)12-6-5-7-15-9-12/h10-12,15,17H,5-9H2,1-4H3,(H,16,18). The van der Waals surface area contributed by atoms with Gasteiger partial charge in [0.05, 0.1) is 6.10 Å². The Bertz CT molecular complexity index is 271. The zero-order valence-electron chi connectivity index (χ0n) is 12.1. The number of carbonyl (C=O) groups excluding carboxylic acids is 1. The Balaban J connectivity index is 2.52. The van der Waals surface area contributed by atoms with Gasteiger partial charge in [0.1, 0.15) is 0 Å². The van der Waals surface area contributed by atoms with Crippen molar-refractivity contribution in [2.75, 3.05) is 13.1 Å². The van der Waals surface area contributed by atoms with Crippen LogP contribution in [-0.2, 0) is 4.79 Å². The molecule has 1 amide bonds. The number of nitrogens with one attached hydrogen (secondary N) is 2. The quantitative estimate of drug-likeness (QED) is 0.694. The molecule has 4 nitrogen and oxygen atoms in total. The lowest BCUT2D eigenvalue weighted by molar-refractivity contribution is -0.133. The lowest BCUT2D eigenvalue weighted by Crippen LogP contribution is -2.49. The van der Waals surface area contributed by atoms with Crippen LogP contribution < -0.4 is 10.6 Å². The van der Waals surface area contributed by atoms with Gasteiger partial charge in [0.2, 0.25) is 5.91 Å². The van der Waals surface area contributed by atoms with E-state index in [-0.39, 0.29) is 23.5 Å². The Hall–Kier alpha value is -0.610. The number of piperidine rings is 1. The first-order valence-corrected chi connectivity index (χ1v) is 7.03. The zero-order chi connectivity index (χ0) is 13.8. The molecular formula is C14H28N2O2. The SMILES string of the molecule is CC(O)CC(C)NC(=O)C(C)(C)C1CCCNC1. The van der Waals surface area contributed by atoms with Gasteiger partial charge in [-0.25, -0.2) is 0 Å². The summed E-state index contributed by atoms with van der Waals surface area (Å²) < 4.78 is 0. The van der Waals surface area contributed by atoms with Crippen molar-refractivity contribution in [3.63, 3.8) is 0 Å². The predicted octanol–water partition coefficient (Wildman–Crippen LogP) is 1.29. The molecule has 1 saturated heterocycles. The number of hydrogen-bond acceptors (Lipinski definition) is 3. The zero-order valence-corrected chi connectivity index (χ0v) is 12.1. The summed E-state index contributed by atoms with van der Waals surface area (Å²) in [5.41, 5.74) is -0.347. The number of carbonyl (C=O) groups is 1. The van der Waals surface area contributed by atoms with Crippen LogP contribution in [0.15, 0.2) is 0 Å². The molecule has 0 spiro atoms. The van der Waals surface area contributed by atoms with E-state index in [0.717, 1.165) is 25.9 Å². The third-order valence-electron chi connectivity index (χ3n) is 3.97. The highest BCUT2D eigenvalue weighted by Gasteiger charge is 2.37. The number of aliphatic hydroxyl groups is 1. The summed E-state index contributed by atoms with van der Waals surface area (Å²) in [5, 5.41) is 15.7. The van der Waals surface area contributed by atoms with Crippen LogP contribution in [0.25, 0.3) is 0 Å². The molecule has 0 aromatic heterocycles.